The average molecular weight is 362 g/mol. The Morgan fingerprint density at radius 2 is 1.28 bits per heavy atom. The molecule has 18 heavy (non-hydrogen) atoms. The number of halogens is 2. The summed E-state index contributed by atoms with van der Waals surface area (Å²) in [5, 5.41) is 2.52. The van der Waals surface area contributed by atoms with Gasteiger partial charge in [-0.25, -0.2) is 0 Å². The Bertz CT molecular complexity index is 700. The first kappa shape index (κ1) is 11.9. The lowest BCUT2D eigenvalue weighted by Crippen LogP contribution is -1.82. The van der Waals surface area contributed by atoms with Crippen molar-refractivity contribution in [3.05, 3.63) is 69.6 Å². The lowest BCUT2D eigenvalue weighted by molar-refractivity contribution is 1.61. The van der Waals surface area contributed by atoms with E-state index in [-0.39, 0.29) is 0 Å². The van der Waals surface area contributed by atoms with Crippen LogP contribution in [-0.4, -0.2) is 0 Å². The minimum atomic E-state index is 1.10. The van der Waals surface area contributed by atoms with Crippen molar-refractivity contribution in [2.45, 2.75) is 0 Å². The standard InChI is InChI=1S/C16H10Br2/c17-12-9-7-11(8-10-12)13-3-1-5-15-14(13)4-2-6-16(15)18/h1-10H. The zero-order valence-corrected chi connectivity index (χ0v) is 12.7. The molecule has 3 rings (SSSR count). The summed E-state index contributed by atoms with van der Waals surface area (Å²) in [5.41, 5.74) is 2.50. The Morgan fingerprint density at radius 3 is 2.06 bits per heavy atom. The maximum absolute atomic E-state index is 3.61. The zero-order chi connectivity index (χ0) is 12.5. The number of hydrogen-bond acceptors (Lipinski definition) is 0. The average Bonchev–Trinajstić information content (AvgIpc) is 2.40. The molecule has 0 heterocycles. The first-order valence-corrected chi connectivity index (χ1v) is 7.27. The molecule has 0 aliphatic rings. The van der Waals surface area contributed by atoms with Gasteiger partial charge < -0.3 is 0 Å². The molecule has 0 N–H and O–H groups in total. The smallest absolute Gasteiger partial charge is 0.0253 e. The fraction of sp³-hybridized carbons (Fsp3) is 0. The quantitative estimate of drug-likeness (QED) is 0.496. The van der Waals surface area contributed by atoms with Crippen LogP contribution in [-0.2, 0) is 0 Å². The molecule has 0 unspecified atom stereocenters. The molecule has 0 aromatic heterocycles. The third-order valence-corrected chi connectivity index (χ3v) is 4.24. The molecular weight excluding hydrogens is 352 g/mol. The van der Waals surface area contributed by atoms with E-state index in [1.807, 2.05) is 0 Å². The highest BCUT2D eigenvalue weighted by Crippen LogP contribution is 2.32. The molecule has 0 radical (unpaired) electrons. The summed E-state index contributed by atoms with van der Waals surface area (Å²) in [6, 6.07) is 21.2. The molecule has 0 saturated heterocycles. The van der Waals surface area contributed by atoms with E-state index >= 15 is 0 Å². The second kappa shape index (κ2) is 4.87. The van der Waals surface area contributed by atoms with Crippen molar-refractivity contribution < 1.29 is 0 Å². The van der Waals surface area contributed by atoms with Crippen LogP contribution in [0, 0.1) is 0 Å². The summed E-state index contributed by atoms with van der Waals surface area (Å²) < 4.78 is 2.24. The second-order valence-electron chi connectivity index (χ2n) is 4.15. The molecule has 3 aromatic carbocycles. The Labute approximate surface area is 123 Å². The fourth-order valence-corrected chi connectivity index (χ4v) is 2.92. The molecule has 0 atom stereocenters. The van der Waals surface area contributed by atoms with Crippen molar-refractivity contribution in [3.8, 4) is 11.1 Å². The fourth-order valence-electron chi connectivity index (χ4n) is 2.15. The maximum Gasteiger partial charge on any atom is 0.0253 e. The molecule has 0 amide bonds. The molecule has 2 heteroatoms. The van der Waals surface area contributed by atoms with Crippen LogP contribution in [0.2, 0.25) is 0 Å². The van der Waals surface area contributed by atoms with E-state index in [1.54, 1.807) is 0 Å². The molecule has 0 bridgehead atoms. The normalized spacial score (nSPS) is 10.8. The van der Waals surface area contributed by atoms with Crippen molar-refractivity contribution in [1.82, 2.24) is 0 Å². The largest absolute Gasteiger partial charge is 0.0610 e. The van der Waals surface area contributed by atoms with E-state index in [2.05, 4.69) is 92.5 Å². The van der Waals surface area contributed by atoms with Crippen LogP contribution in [0.15, 0.2) is 69.6 Å². The minimum absolute atomic E-state index is 1.10. The zero-order valence-electron chi connectivity index (χ0n) is 9.53. The number of benzene rings is 3. The van der Waals surface area contributed by atoms with Crippen LogP contribution in [0.4, 0.5) is 0 Å². The molecule has 0 spiro atoms. The SMILES string of the molecule is Brc1ccc(-c2cccc3c(Br)cccc23)cc1. The minimum Gasteiger partial charge on any atom is -0.0610 e. The van der Waals surface area contributed by atoms with Gasteiger partial charge in [0.25, 0.3) is 0 Å². The molecule has 3 aromatic rings. The molecule has 0 nitrogen and oxygen atoms in total. The van der Waals surface area contributed by atoms with Gasteiger partial charge in [-0.3, -0.25) is 0 Å². The second-order valence-corrected chi connectivity index (χ2v) is 5.92. The number of fused-ring (bicyclic) bond motifs is 1. The first-order chi connectivity index (χ1) is 8.75. The number of hydrogen-bond donors (Lipinski definition) is 0. The summed E-state index contributed by atoms with van der Waals surface area (Å²) in [6.07, 6.45) is 0. The monoisotopic (exact) mass is 360 g/mol. The van der Waals surface area contributed by atoms with Crippen LogP contribution < -0.4 is 0 Å². The van der Waals surface area contributed by atoms with E-state index in [4.69, 9.17) is 0 Å². The lowest BCUT2D eigenvalue weighted by Gasteiger charge is -2.08. The molecular formula is C16H10Br2. The van der Waals surface area contributed by atoms with Gasteiger partial charge in [0.1, 0.15) is 0 Å². The van der Waals surface area contributed by atoms with Gasteiger partial charge in [-0.2, -0.15) is 0 Å². The highest BCUT2D eigenvalue weighted by Gasteiger charge is 2.05. The lowest BCUT2D eigenvalue weighted by atomic mass is 9.98. The van der Waals surface area contributed by atoms with Crippen molar-refractivity contribution in [2.75, 3.05) is 0 Å². The predicted octanol–water partition coefficient (Wildman–Crippen LogP) is 6.03. The van der Waals surface area contributed by atoms with Crippen LogP contribution in [0.3, 0.4) is 0 Å². The van der Waals surface area contributed by atoms with Gasteiger partial charge in [0.15, 0.2) is 0 Å². The first-order valence-electron chi connectivity index (χ1n) is 5.69. The van der Waals surface area contributed by atoms with Crippen LogP contribution >= 0.6 is 31.9 Å². The maximum atomic E-state index is 3.61. The van der Waals surface area contributed by atoms with E-state index < -0.39 is 0 Å². The van der Waals surface area contributed by atoms with Gasteiger partial charge >= 0.3 is 0 Å². The summed E-state index contributed by atoms with van der Waals surface area (Å²) in [7, 11) is 0. The Kier molecular flexibility index (Phi) is 3.23. The van der Waals surface area contributed by atoms with Gasteiger partial charge in [0, 0.05) is 8.95 Å². The highest BCUT2D eigenvalue weighted by molar-refractivity contribution is 9.11. The molecule has 0 aliphatic carbocycles. The van der Waals surface area contributed by atoms with E-state index in [0.717, 1.165) is 8.95 Å². The van der Waals surface area contributed by atoms with Crippen molar-refractivity contribution >= 4 is 42.6 Å². The third kappa shape index (κ3) is 2.11. The summed E-state index contributed by atoms with van der Waals surface area (Å²) in [5.74, 6) is 0. The van der Waals surface area contributed by atoms with Gasteiger partial charge in [0.05, 0.1) is 0 Å². The predicted molar refractivity (Wildman–Crippen MR) is 84.8 cm³/mol. The Balaban J connectivity index is 2.29. The summed E-state index contributed by atoms with van der Waals surface area (Å²) >= 11 is 7.08. The van der Waals surface area contributed by atoms with Crippen LogP contribution in [0.5, 0.6) is 0 Å². The van der Waals surface area contributed by atoms with Gasteiger partial charge in [-0.1, -0.05) is 74.3 Å². The van der Waals surface area contributed by atoms with Crippen molar-refractivity contribution in [2.24, 2.45) is 0 Å². The van der Waals surface area contributed by atoms with Gasteiger partial charge in [0.2, 0.25) is 0 Å². The van der Waals surface area contributed by atoms with Gasteiger partial charge in [-0.05, 0) is 40.1 Å². The van der Waals surface area contributed by atoms with E-state index in [0.29, 0.717) is 0 Å². The Morgan fingerprint density at radius 1 is 0.611 bits per heavy atom. The van der Waals surface area contributed by atoms with Crippen LogP contribution in [0.25, 0.3) is 21.9 Å². The molecule has 0 fully saturated rings. The summed E-state index contributed by atoms with van der Waals surface area (Å²) in [6.45, 7) is 0. The van der Waals surface area contributed by atoms with E-state index in [9.17, 15) is 0 Å². The van der Waals surface area contributed by atoms with Crippen molar-refractivity contribution in [3.63, 3.8) is 0 Å². The molecule has 88 valence electrons. The number of rotatable bonds is 1. The Hall–Kier alpha value is -1.12. The van der Waals surface area contributed by atoms with Gasteiger partial charge in [-0.15, -0.1) is 0 Å². The van der Waals surface area contributed by atoms with E-state index in [1.165, 1.54) is 21.9 Å². The third-order valence-electron chi connectivity index (χ3n) is 3.02. The summed E-state index contributed by atoms with van der Waals surface area (Å²) in [4.78, 5) is 0. The molecule has 0 aliphatic heterocycles. The topological polar surface area (TPSA) is 0 Å². The highest BCUT2D eigenvalue weighted by atomic mass is 79.9. The van der Waals surface area contributed by atoms with Crippen LogP contribution in [0.1, 0.15) is 0 Å². The molecule has 0 saturated carbocycles. The van der Waals surface area contributed by atoms with Crippen molar-refractivity contribution in [1.29, 1.82) is 0 Å².